The minimum atomic E-state index is -3.96. The van der Waals surface area contributed by atoms with Crippen molar-refractivity contribution in [1.29, 1.82) is 0 Å². The largest absolute Gasteiger partial charge is 0.487 e. The van der Waals surface area contributed by atoms with Gasteiger partial charge in [-0.3, -0.25) is 9.79 Å². The number of aliphatic imine (C=N–C) groups is 1. The first-order valence-corrected chi connectivity index (χ1v) is 20.6. The summed E-state index contributed by atoms with van der Waals surface area (Å²) in [5.74, 6) is 0.409. The third-order valence-corrected chi connectivity index (χ3v) is 9.16. The molecule has 314 valence electrons. The Balaban J connectivity index is 0. The lowest BCUT2D eigenvalue weighted by Gasteiger charge is -2.19. The molecule has 0 aliphatic carbocycles. The molecule has 55 heavy (non-hydrogen) atoms. The van der Waals surface area contributed by atoms with Crippen LogP contribution in [0.2, 0.25) is 0 Å². The van der Waals surface area contributed by atoms with Crippen molar-refractivity contribution in [2.75, 3.05) is 26.7 Å². The molecule has 1 heterocycles. The number of hydrogen-bond acceptors (Lipinski definition) is 9. The highest BCUT2D eigenvalue weighted by atomic mass is 32.2. The van der Waals surface area contributed by atoms with Crippen LogP contribution in [0, 0.1) is 20.8 Å². The number of rotatable bonds is 13. The number of benzene rings is 2. The summed E-state index contributed by atoms with van der Waals surface area (Å²) in [5.41, 5.74) is 14.0. The first-order valence-electron chi connectivity index (χ1n) is 19.1. The van der Waals surface area contributed by atoms with Gasteiger partial charge in [0.1, 0.15) is 18.0 Å². The molecule has 0 fully saturated rings. The maximum Gasteiger partial charge on any atom is 0.409 e. The number of amides is 3. The Hall–Kier alpha value is -4.53. The summed E-state index contributed by atoms with van der Waals surface area (Å²) in [5, 5.41) is 2.78. The fourth-order valence-electron chi connectivity index (χ4n) is 5.07. The second-order valence-electron chi connectivity index (χ2n) is 12.7. The normalized spacial score (nSPS) is 12.2. The van der Waals surface area contributed by atoms with Gasteiger partial charge in [0, 0.05) is 45.1 Å². The van der Waals surface area contributed by atoms with Gasteiger partial charge in [-0.25, -0.2) is 22.7 Å². The van der Waals surface area contributed by atoms with Crippen molar-refractivity contribution in [3.8, 4) is 5.75 Å². The van der Waals surface area contributed by atoms with E-state index in [2.05, 4.69) is 25.5 Å². The number of guanidine groups is 1. The lowest BCUT2D eigenvalue weighted by atomic mass is 9.94. The fraction of sp³-hybridized carbons (Fsp3) is 0.600. The number of nitrogens with two attached hydrogens (primary N) is 2. The molecule has 0 bridgehead atoms. The minimum absolute atomic E-state index is 0.0995. The predicted molar refractivity (Wildman–Crippen MR) is 222 cm³/mol. The molecule has 0 atom stereocenters. The molecular formula is C40H70N6O8S. The van der Waals surface area contributed by atoms with Crippen molar-refractivity contribution in [3.63, 3.8) is 0 Å². The average molecular weight is 795 g/mol. The molecule has 0 aromatic heterocycles. The number of fused-ring (bicyclic) bond motifs is 1. The summed E-state index contributed by atoms with van der Waals surface area (Å²) < 4.78 is 44.7. The van der Waals surface area contributed by atoms with Crippen molar-refractivity contribution in [2.45, 2.75) is 139 Å². The molecule has 15 heteroatoms. The number of nitrogens with one attached hydrogen (secondary N) is 2. The maximum atomic E-state index is 13.3. The van der Waals surface area contributed by atoms with Crippen LogP contribution in [0.3, 0.4) is 0 Å². The van der Waals surface area contributed by atoms with Gasteiger partial charge in [-0.15, -0.1) is 0 Å². The predicted octanol–water partition coefficient (Wildman–Crippen LogP) is 7.04. The van der Waals surface area contributed by atoms with E-state index in [4.69, 9.17) is 15.2 Å². The topological polar surface area (TPSA) is 205 Å². The molecule has 0 unspecified atom stereocenters. The van der Waals surface area contributed by atoms with Gasteiger partial charge in [-0.2, -0.15) is 0 Å². The number of hydrogen-bond donors (Lipinski definition) is 4. The van der Waals surface area contributed by atoms with Crippen LogP contribution in [0.25, 0.3) is 0 Å². The molecule has 0 radical (unpaired) electrons. The molecule has 2 aromatic carbocycles. The van der Waals surface area contributed by atoms with Gasteiger partial charge < -0.3 is 35.9 Å². The van der Waals surface area contributed by atoms with Crippen LogP contribution >= 0.6 is 0 Å². The van der Waals surface area contributed by atoms with Crippen LogP contribution in [0.15, 0.2) is 40.2 Å². The van der Waals surface area contributed by atoms with E-state index in [0.29, 0.717) is 43.5 Å². The number of sulfonamides is 1. The zero-order chi connectivity index (χ0) is 42.9. The van der Waals surface area contributed by atoms with Crippen molar-refractivity contribution in [1.82, 2.24) is 14.9 Å². The van der Waals surface area contributed by atoms with Gasteiger partial charge >= 0.3 is 12.2 Å². The van der Waals surface area contributed by atoms with Gasteiger partial charge in [0.05, 0.1) is 11.0 Å². The molecule has 1 aliphatic heterocycles. The van der Waals surface area contributed by atoms with E-state index in [1.165, 1.54) is 4.90 Å². The molecule has 3 rings (SSSR count). The van der Waals surface area contributed by atoms with Crippen LogP contribution in [0.4, 0.5) is 9.59 Å². The number of likely N-dealkylation sites (N-methyl/N-ethyl adjacent to an activating group) is 1. The van der Waals surface area contributed by atoms with Crippen LogP contribution in [-0.4, -0.2) is 75.8 Å². The van der Waals surface area contributed by atoms with Crippen LogP contribution in [0.1, 0.15) is 116 Å². The smallest absolute Gasteiger partial charge is 0.409 e. The highest BCUT2D eigenvalue weighted by molar-refractivity contribution is 7.90. The molecular weight excluding hydrogens is 725 g/mol. The molecule has 0 saturated heterocycles. The Morgan fingerprint density at radius 3 is 2.05 bits per heavy atom. The fourth-order valence-corrected chi connectivity index (χ4v) is 6.59. The van der Waals surface area contributed by atoms with Gasteiger partial charge in [-0.1, -0.05) is 71.9 Å². The van der Waals surface area contributed by atoms with Gasteiger partial charge in [0.25, 0.3) is 10.0 Å². The summed E-state index contributed by atoms with van der Waals surface area (Å²) in [7, 11) is -2.35. The van der Waals surface area contributed by atoms with Crippen molar-refractivity contribution >= 4 is 34.1 Å². The Kier molecular flexibility index (Phi) is 25.9. The lowest BCUT2D eigenvalue weighted by Crippen LogP contribution is -2.37. The monoisotopic (exact) mass is 794 g/mol. The Bertz CT molecular complexity index is 1600. The SMILES string of the molecule is CC.CC.CC.CC(C)OC(N)=O.Cc1c(C)c(S(=O)(=O)NC(N)=NCCCCC(=O)NCCN(C)C(=O)OCc2ccccc2)c(C)c2c1OC(C)(C)C2. The minimum Gasteiger partial charge on any atom is -0.487 e. The van der Waals surface area contributed by atoms with Gasteiger partial charge in [0.2, 0.25) is 11.9 Å². The standard InChI is InChI=1S/C30H43N5O6S.C4H9NO2.3C2H6/c1-20-21(2)27(22(3)24-18-30(4,5)41-26(20)24)42(38,39)34-28(31)33-15-11-10-14-25(36)32-16-17-35(6)29(37)40-19-23-12-8-7-9-13-23;1-3(2)7-4(5)6;3*1-2/h7-9,12-13H,10-11,14-19H2,1-6H3,(H,32,36)(H3,31,33,34);3H,1-2H3,(H2,5,6);3*1-2H3. The second kappa shape index (κ2) is 27.1. The van der Waals surface area contributed by atoms with Crippen LogP contribution in [-0.2, 0) is 37.3 Å². The summed E-state index contributed by atoms with van der Waals surface area (Å²) in [6, 6.07) is 9.39. The molecule has 6 N–H and O–H groups in total. The highest BCUT2D eigenvalue weighted by Crippen LogP contribution is 2.43. The van der Waals surface area contributed by atoms with Crippen molar-refractivity contribution in [3.05, 3.63) is 58.1 Å². The van der Waals surface area contributed by atoms with E-state index < -0.39 is 27.8 Å². The highest BCUT2D eigenvalue weighted by Gasteiger charge is 2.36. The second-order valence-corrected chi connectivity index (χ2v) is 14.3. The van der Waals surface area contributed by atoms with Gasteiger partial charge in [-0.05, 0) is 83.6 Å². The van der Waals surface area contributed by atoms with Crippen molar-refractivity contribution in [2.24, 2.45) is 16.5 Å². The molecule has 14 nitrogen and oxygen atoms in total. The van der Waals surface area contributed by atoms with E-state index in [-0.39, 0.29) is 42.4 Å². The molecule has 3 amide bonds. The Morgan fingerprint density at radius 1 is 0.945 bits per heavy atom. The van der Waals surface area contributed by atoms with Crippen LogP contribution in [0.5, 0.6) is 5.75 Å². The Morgan fingerprint density at radius 2 is 1.53 bits per heavy atom. The number of carbonyl (C=O) groups excluding carboxylic acids is 3. The zero-order valence-electron chi connectivity index (χ0n) is 35.8. The number of carbonyl (C=O) groups is 3. The van der Waals surface area contributed by atoms with E-state index in [1.54, 1.807) is 34.7 Å². The summed E-state index contributed by atoms with van der Waals surface area (Å²) in [6.45, 7) is 25.9. The Labute approximate surface area is 331 Å². The number of nitrogens with zero attached hydrogens (tertiary/aromatic N) is 2. The molecule has 2 aromatic rings. The summed E-state index contributed by atoms with van der Waals surface area (Å²) in [4.78, 5) is 39.8. The zero-order valence-corrected chi connectivity index (χ0v) is 36.7. The maximum absolute atomic E-state index is 13.3. The summed E-state index contributed by atoms with van der Waals surface area (Å²) in [6.07, 6.45) is 0.703. The molecule has 0 spiro atoms. The van der Waals surface area contributed by atoms with Crippen LogP contribution < -0.4 is 26.2 Å². The third kappa shape index (κ3) is 19.6. The number of unbranched alkanes of at least 4 members (excludes halogenated alkanes) is 1. The van der Waals surface area contributed by atoms with E-state index in [9.17, 15) is 22.8 Å². The van der Waals surface area contributed by atoms with E-state index in [0.717, 1.165) is 22.4 Å². The number of ether oxygens (including phenoxy) is 3. The average Bonchev–Trinajstić information content (AvgIpc) is 3.47. The lowest BCUT2D eigenvalue weighted by molar-refractivity contribution is -0.121. The first kappa shape index (κ1) is 52.6. The summed E-state index contributed by atoms with van der Waals surface area (Å²) >= 11 is 0. The van der Waals surface area contributed by atoms with Gasteiger partial charge in [0.15, 0.2) is 0 Å². The number of primary amides is 1. The molecule has 0 saturated carbocycles. The van der Waals surface area contributed by atoms with Crippen molar-refractivity contribution < 1.29 is 37.0 Å². The van der Waals surface area contributed by atoms with E-state index >= 15 is 0 Å². The third-order valence-electron chi connectivity index (χ3n) is 7.53. The quantitative estimate of drug-likeness (QED) is 0.0931. The molecule has 1 aliphatic rings. The first-order chi connectivity index (χ1) is 25.8. The van der Waals surface area contributed by atoms with E-state index in [1.807, 2.05) is 92.6 Å².